The van der Waals surface area contributed by atoms with Gasteiger partial charge >= 0.3 is 5.97 Å². The maximum absolute atomic E-state index is 11.3. The third-order valence-electron chi connectivity index (χ3n) is 4.64. The summed E-state index contributed by atoms with van der Waals surface area (Å²) in [4.78, 5) is 24.6. The molecule has 0 amide bonds. The number of carbonyl (C=O) groups is 2. The second-order valence-corrected chi connectivity index (χ2v) is 6.15. The molecule has 0 radical (unpaired) electrons. The van der Waals surface area contributed by atoms with Gasteiger partial charge in [0.1, 0.15) is 5.78 Å². The second kappa shape index (κ2) is 10.6. The third-order valence-corrected chi connectivity index (χ3v) is 4.64. The van der Waals surface area contributed by atoms with E-state index in [9.17, 15) is 9.59 Å². The fourth-order valence-corrected chi connectivity index (χ4v) is 3.17. The van der Waals surface area contributed by atoms with Gasteiger partial charge in [-0.2, -0.15) is 0 Å². The minimum Gasteiger partial charge on any atom is -0.469 e. The molecule has 0 spiro atoms. The molecule has 138 valence electrons. The maximum atomic E-state index is 11.3. The Kier molecular flexibility index (Phi) is 9.18. The number of likely N-dealkylation sites (tertiary alicyclic amines) is 1. The molecule has 1 rings (SSSR count). The van der Waals surface area contributed by atoms with E-state index in [4.69, 9.17) is 9.47 Å². The number of hydrogen-bond donors (Lipinski definition) is 0. The van der Waals surface area contributed by atoms with Crippen LogP contribution in [0, 0.1) is 0 Å². The van der Waals surface area contributed by atoms with Crippen molar-refractivity contribution in [1.29, 1.82) is 0 Å². The number of nitrogens with zero attached hydrogens (tertiary/aromatic N) is 1. The summed E-state index contributed by atoms with van der Waals surface area (Å²) in [5.74, 6) is -0.598. The fraction of sp³-hybridized carbons (Fsp3) is 0.778. The third kappa shape index (κ3) is 6.00. The Morgan fingerprint density at radius 2 is 1.88 bits per heavy atom. The van der Waals surface area contributed by atoms with Crippen LogP contribution in [0.25, 0.3) is 0 Å². The molecule has 1 fully saturated rings. The molecule has 6 heteroatoms. The van der Waals surface area contributed by atoms with Crippen LogP contribution < -0.4 is 0 Å². The Morgan fingerprint density at radius 3 is 2.46 bits per heavy atom. The van der Waals surface area contributed by atoms with Gasteiger partial charge < -0.3 is 14.2 Å². The van der Waals surface area contributed by atoms with Crippen molar-refractivity contribution in [2.45, 2.75) is 57.3 Å². The van der Waals surface area contributed by atoms with Gasteiger partial charge in [-0.05, 0) is 26.2 Å². The highest BCUT2D eigenvalue weighted by Crippen LogP contribution is 2.34. The van der Waals surface area contributed by atoms with Crippen molar-refractivity contribution in [1.82, 2.24) is 4.90 Å². The van der Waals surface area contributed by atoms with Crippen molar-refractivity contribution in [2.24, 2.45) is 0 Å². The average molecular weight is 341 g/mol. The van der Waals surface area contributed by atoms with Crippen LogP contribution in [0.3, 0.4) is 0 Å². The molecule has 6 nitrogen and oxygen atoms in total. The van der Waals surface area contributed by atoms with E-state index in [-0.39, 0.29) is 17.8 Å². The molecule has 0 N–H and O–H groups in total. The average Bonchev–Trinajstić information content (AvgIpc) is 2.93. The lowest BCUT2D eigenvalue weighted by Gasteiger charge is -2.35. The van der Waals surface area contributed by atoms with E-state index in [1.165, 1.54) is 7.11 Å². The number of Topliss-reactive ketones (excluding diaryl/α,β-unsaturated/α-hetero) is 1. The van der Waals surface area contributed by atoms with Gasteiger partial charge in [-0.25, -0.2) is 0 Å². The number of ether oxygens (including phenoxy) is 3. The van der Waals surface area contributed by atoms with Crippen LogP contribution in [0.4, 0.5) is 0 Å². The van der Waals surface area contributed by atoms with Crippen molar-refractivity contribution >= 4 is 11.8 Å². The van der Waals surface area contributed by atoms with Crippen molar-refractivity contribution in [3.8, 4) is 0 Å². The van der Waals surface area contributed by atoms with Gasteiger partial charge in [0.05, 0.1) is 13.2 Å². The number of esters is 1. The van der Waals surface area contributed by atoms with Gasteiger partial charge in [-0.3, -0.25) is 14.5 Å². The standard InChI is InChI=1S/C18H31NO5/c1-15(20)11-13-19-14-12-18(23-3,24-4)16(19)9-7-5-6-8-10-17(21)22-2/h5,7,16H,6,8-14H2,1-4H3/b7-5-/t16-/m0/s1. The zero-order valence-corrected chi connectivity index (χ0v) is 15.4. The van der Waals surface area contributed by atoms with Crippen LogP contribution >= 0.6 is 0 Å². The van der Waals surface area contributed by atoms with Crippen LogP contribution in [-0.4, -0.2) is 62.9 Å². The Bertz CT molecular complexity index is 431. The lowest BCUT2D eigenvalue weighted by molar-refractivity contribution is -0.218. The largest absolute Gasteiger partial charge is 0.469 e. The summed E-state index contributed by atoms with van der Waals surface area (Å²) in [6, 6.07) is 0.0868. The van der Waals surface area contributed by atoms with Gasteiger partial charge in [-0.15, -0.1) is 0 Å². The lowest BCUT2D eigenvalue weighted by Crippen LogP contribution is -2.47. The first-order chi connectivity index (χ1) is 11.5. The summed E-state index contributed by atoms with van der Waals surface area (Å²) in [6.07, 6.45) is 8.37. The van der Waals surface area contributed by atoms with E-state index in [1.54, 1.807) is 21.1 Å². The summed E-state index contributed by atoms with van der Waals surface area (Å²) in [7, 11) is 4.75. The van der Waals surface area contributed by atoms with E-state index in [0.29, 0.717) is 12.8 Å². The van der Waals surface area contributed by atoms with Crippen LogP contribution in [0.5, 0.6) is 0 Å². The van der Waals surface area contributed by atoms with E-state index in [1.807, 2.05) is 0 Å². The number of rotatable bonds is 11. The Labute approximate surface area is 145 Å². The summed E-state index contributed by atoms with van der Waals surface area (Å²) in [6.45, 7) is 3.20. The SMILES string of the molecule is COC(=O)CCC/C=C\C[C@@H]1N(CCC(C)=O)CCC1(OC)OC. The first-order valence-corrected chi connectivity index (χ1v) is 8.54. The summed E-state index contributed by atoms with van der Waals surface area (Å²) >= 11 is 0. The lowest BCUT2D eigenvalue weighted by atomic mass is 10.0. The minimum atomic E-state index is -0.618. The van der Waals surface area contributed by atoms with Gasteiger partial charge in [0.25, 0.3) is 0 Å². The fourth-order valence-electron chi connectivity index (χ4n) is 3.17. The zero-order valence-electron chi connectivity index (χ0n) is 15.4. The van der Waals surface area contributed by atoms with Gasteiger partial charge in [-0.1, -0.05) is 12.2 Å². The summed E-state index contributed by atoms with van der Waals surface area (Å²) < 4.78 is 16.0. The molecule has 0 aromatic heterocycles. The van der Waals surface area contributed by atoms with E-state index in [2.05, 4.69) is 21.8 Å². The smallest absolute Gasteiger partial charge is 0.305 e. The van der Waals surface area contributed by atoms with E-state index < -0.39 is 5.79 Å². The van der Waals surface area contributed by atoms with Gasteiger partial charge in [0.2, 0.25) is 0 Å². The zero-order chi connectivity index (χ0) is 18.0. The molecule has 1 aliphatic heterocycles. The van der Waals surface area contributed by atoms with E-state index >= 15 is 0 Å². The molecule has 1 heterocycles. The minimum absolute atomic E-state index is 0.0868. The van der Waals surface area contributed by atoms with Crippen molar-refractivity contribution in [3.63, 3.8) is 0 Å². The van der Waals surface area contributed by atoms with Crippen molar-refractivity contribution in [2.75, 3.05) is 34.4 Å². The molecule has 24 heavy (non-hydrogen) atoms. The van der Waals surface area contributed by atoms with E-state index in [0.717, 1.165) is 38.8 Å². The number of ketones is 1. The van der Waals surface area contributed by atoms with Crippen molar-refractivity contribution in [3.05, 3.63) is 12.2 Å². The maximum Gasteiger partial charge on any atom is 0.305 e. The number of carbonyl (C=O) groups excluding carboxylic acids is 2. The summed E-state index contributed by atoms with van der Waals surface area (Å²) in [5, 5.41) is 0. The molecule has 1 aliphatic rings. The molecule has 0 aromatic carbocycles. The number of hydrogen-bond acceptors (Lipinski definition) is 6. The Morgan fingerprint density at radius 1 is 1.17 bits per heavy atom. The molecular weight excluding hydrogens is 310 g/mol. The van der Waals surface area contributed by atoms with Gasteiger partial charge in [0, 0.05) is 46.6 Å². The van der Waals surface area contributed by atoms with Gasteiger partial charge in [0.15, 0.2) is 5.79 Å². The molecule has 0 bridgehead atoms. The topological polar surface area (TPSA) is 65.1 Å². The number of methoxy groups -OCH3 is 3. The highest BCUT2D eigenvalue weighted by atomic mass is 16.7. The Hall–Kier alpha value is -1.24. The quantitative estimate of drug-likeness (QED) is 0.249. The van der Waals surface area contributed by atoms with Crippen LogP contribution in [0.1, 0.15) is 45.4 Å². The predicted molar refractivity (Wildman–Crippen MR) is 91.6 cm³/mol. The van der Waals surface area contributed by atoms with Crippen LogP contribution in [-0.2, 0) is 23.8 Å². The molecule has 1 saturated heterocycles. The van der Waals surface area contributed by atoms with Crippen LogP contribution in [0.2, 0.25) is 0 Å². The molecule has 0 aromatic rings. The number of unbranched alkanes of at least 4 members (excludes halogenated alkanes) is 1. The Balaban J connectivity index is 2.56. The molecule has 0 unspecified atom stereocenters. The first kappa shape index (κ1) is 20.8. The second-order valence-electron chi connectivity index (χ2n) is 6.15. The highest BCUT2D eigenvalue weighted by Gasteiger charge is 2.47. The first-order valence-electron chi connectivity index (χ1n) is 8.54. The summed E-state index contributed by atoms with van der Waals surface area (Å²) in [5.41, 5.74) is 0. The number of allylic oxidation sites excluding steroid dienone is 1. The van der Waals surface area contributed by atoms with Crippen molar-refractivity contribution < 1.29 is 23.8 Å². The predicted octanol–water partition coefficient (Wildman–Crippen LogP) is 2.32. The monoisotopic (exact) mass is 341 g/mol. The molecule has 0 saturated carbocycles. The molecule has 0 aliphatic carbocycles. The molecule has 1 atom stereocenters. The van der Waals surface area contributed by atoms with Crippen LogP contribution in [0.15, 0.2) is 12.2 Å². The highest BCUT2D eigenvalue weighted by molar-refractivity contribution is 5.75. The normalized spacial score (nSPS) is 20.6. The molecular formula is C18H31NO5.